The van der Waals surface area contributed by atoms with Crippen molar-refractivity contribution in [1.82, 2.24) is 4.98 Å². The monoisotopic (exact) mass is 296 g/mol. The van der Waals surface area contributed by atoms with Crippen LogP contribution in [0.1, 0.15) is 51.6 Å². The zero-order chi connectivity index (χ0) is 14.4. The number of aromatic nitrogens is 1. The van der Waals surface area contributed by atoms with Gasteiger partial charge in [0.1, 0.15) is 0 Å². The van der Waals surface area contributed by atoms with Crippen LogP contribution in [0.25, 0.3) is 0 Å². The minimum Gasteiger partial charge on any atom is -0.466 e. The summed E-state index contributed by atoms with van der Waals surface area (Å²) in [6, 6.07) is 0. The van der Waals surface area contributed by atoms with E-state index in [2.05, 4.69) is 17.2 Å². The summed E-state index contributed by atoms with van der Waals surface area (Å²) in [6.45, 7) is 5.62. The molecule has 0 bridgehead atoms. The van der Waals surface area contributed by atoms with Gasteiger partial charge < -0.3 is 10.1 Å². The summed E-state index contributed by atoms with van der Waals surface area (Å²) in [7, 11) is 0. The van der Waals surface area contributed by atoms with Gasteiger partial charge in [-0.1, -0.05) is 19.8 Å². The highest BCUT2D eigenvalue weighted by molar-refractivity contribution is 7.13. The van der Waals surface area contributed by atoms with E-state index in [9.17, 15) is 4.79 Å². The van der Waals surface area contributed by atoms with Crippen LogP contribution in [0.4, 0.5) is 5.13 Å². The summed E-state index contributed by atoms with van der Waals surface area (Å²) >= 11 is 1.62. The quantitative estimate of drug-likeness (QED) is 0.781. The van der Waals surface area contributed by atoms with E-state index in [-0.39, 0.29) is 5.97 Å². The minimum atomic E-state index is -0.145. The molecular formula is C15H24N2O2S. The third-order valence-electron chi connectivity index (χ3n) is 3.92. The summed E-state index contributed by atoms with van der Waals surface area (Å²) in [5, 5.41) is 6.45. The van der Waals surface area contributed by atoms with Crippen molar-refractivity contribution in [1.29, 1.82) is 0 Å². The van der Waals surface area contributed by atoms with Crippen LogP contribution in [-0.2, 0) is 16.0 Å². The van der Waals surface area contributed by atoms with Gasteiger partial charge in [0.25, 0.3) is 0 Å². The Hall–Kier alpha value is -1.10. The van der Waals surface area contributed by atoms with Crippen molar-refractivity contribution in [3.8, 4) is 0 Å². The zero-order valence-corrected chi connectivity index (χ0v) is 13.2. The third-order valence-corrected chi connectivity index (χ3v) is 4.77. The van der Waals surface area contributed by atoms with Gasteiger partial charge in [-0.25, -0.2) is 4.98 Å². The molecule has 112 valence electrons. The molecule has 1 saturated carbocycles. The second-order valence-corrected chi connectivity index (χ2v) is 6.68. The van der Waals surface area contributed by atoms with Crippen molar-refractivity contribution in [2.75, 3.05) is 18.5 Å². The molecule has 5 heteroatoms. The van der Waals surface area contributed by atoms with Gasteiger partial charge in [-0.15, -0.1) is 11.3 Å². The molecule has 0 spiro atoms. The maximum atomic E-state index is 11.3. The molecule has 20 heavy (non-hydrogen) atoms. The molecule has 1 N–H and O–H groups in total. The van der Waals surface area contributed by atoms with E-state index < -0.39 is 0 Å². The van der Waals surface area contributed by atoms with Crippen LogP contribution in [0.5, 0.6) is 0 Å². The smallest absolute Gasteiger partial charge is 0.306 e. The van der Waals surface area contributed by atoms with Crippen LogP contribution in [0.2, 0.25) is 0 Å². The second kappa shape index (κ2) is 7.07. The molecule has 0 aliphatic heterocycles. The largest absolute Gasteiger partial charge is 0.466 e. The SMILES string of the molecule is CCOC(=O)CCc1csc(NCC2(C)CCCC2)n1. The number of nitrogens with one attached hydrogen (secondary N) is 1. The van der Waals surface area contributed by atoms with Gasteiger partial charge in [-0.05, 0) is 25.2 Å². The molecule has 2 rings (SSSR count). The maximum absolute atomic E-state index is 11.3. The van der Waals surface area contributed by atoms with Crippen molar-refractivity contribution in [2.45, 2.75) is 52.4 Å². The molecule has 1 heterocycles. The van der Waals surface area contributed by atoms with Crippen LogP contribution in [0.3, 0.4) is 0 Å². The number of esters is 1. The van der Waals surface area contributed by atoms with Crippen LogP contribution < -0.4 is 5.32 Å². The number of rotatable bonds is 7. The van der Waals surface area contributed by atoms with Crippen molar-refractivity contribution < 1.29 is 9.53 Å². The summed E-state index contributed by atoms with van der Waals surface area (Å²) in [5.74, 6) is -0.145. The summed E-state index contributed by atoms with van der Waals surface area (Å²) in [4.78, 5) is 15.8. The van der Waals surface area contributed by atoms with E-state index in [1.54, 1.807) is 11.3 Å². The van der Waals surface area contributed by atoms with Crippen molar-refractivity contribution in [3.63, 3.8) is 0 Å². The Kier molecular flexibility index (Phi) is 5.40. The first-order valence-electron chi connectivity index (χ1n) is 7.45. The number of ether oxygens (including phenoxy) is 1. The van der Waals surface area contributed by atoms with Crippen LogP contribution in [0.15, 0.2) is 5.38 Å². The van der Waals surface area contributed by atoms with E-state index in [1.807, 2.05) is 12.3 Å². The lowest BCUT2D eigenvalue weighted by atomic mass is 9.89. The van der Waals surface area contributed by atoms with E-state index in [4.69, 9.17) is 4.74 Å². The first-order valence-corrected chi connectivity index (χ1v) is 8.33. The van der Waals surface area contributed by atoms with Crippen molar-refractivity contribution in [2.24, 2.45) is 5.41 Å². The Balaban J connectivity index is 1.75. The number of aryl methyl sites for hydroxylation is 1. The van der Waals surface area contributed by atoms with Gasteiger partial charge in [0, 0.05) is 18.3 Å². The van der Waals surface area contributed by atoms with Gasteiger partial charge in [0.15, 0.2) is 5.13 Å². The first-order chi connectivity index (χ1) is 9.61. The molecule has 1 aromatic heterocycles. The Morgan fingerprint density at radius 1 is 1.50 bits per heavy atom. The Labute approximate surface area is 124 Å². The highest BCUT2D eigenvalue weighted by atomic mass is 32.1. The number of thiazole rings is 1. The van der Waals surface area contributed by atoms with E-state index in [1.165, 1.54) is 25.7 Å². The molecule has 1 aliphatic rings. The molecule has 4 nitrogen and oxygen atoms in total. The predicted molar refractivity (Wildman–Crippen MR) is 82.1 cm³/mol. The fourth-order valence-electron chi connectivity index (χ4n) is 2.66. The average molecular weight is 296 g/mol. The highest BCUT2D eigenvalue weighted by Crippen LogP contribution is 2.37. The molecule has 0 unspecified atom stereocenters. The topological polar surface area (TPSA) is 51.2 Å². The lowest BCUT2D eigenvalue weighted by molar-refractivity contribution is -0.143. The Morgan fingerprint density at radius 3 is 2.95 bits per heavy atom. The van der Waals surface area contributed by atoms with E-state index in [0.717, 1.165) is 17.4 Å². The lowest BCUT2D eigenvalue weighted by Crippen LogP contribution is -2.22. The number of carbonyl (C=O) groups is 1. The first kappa shape index (κ1) is 15.3. The average Bonchev–Trinajstić information content (AvgIpc) is 3.04. The van der Waals surface area contributed by atoms with Crippen LogP contribution in [-0.4, -0.2) is 24.1 Å². The number of hydrogen-bond donors (Lipinski definition) is 1. The summed E-state index contributed by atoms with van der Waals surface area (Å²) in [6.07, 6.45) is 6.38. The molecule has 0 atom stereocenters. The minimum absolute atomic E-state index is 0.145. The van der Waals surface area contributed by atoms with Gasteiger partial charge >= 0.3 is 5.97 Å². The van der Waals surface area contributed by atoms with Gasteiger partial charge in [-0.3, -0.25) is 4.79 Å². The highest BCUT2D eigenvalue weighted by Gasteiger charge is 2.28. The molecule has 1 aromatic rings. The zero-order valence-electron chi connectivity index (χ0n) is 12.4. The van der Waals surface area contributed by atoms with Crippen LogP contribution >= 0.6 is 11.3 Å². The number of nitrogens with zero attached hydrogens (tertiary/aromatic N) is 1. The van der Waals surface area contributed by atoms with Crippen LogP contribution in [0, 0.1) is 5.41 Å². The third kappa shape index (κ3) is 4.47. The molecular weight excluding hydrogens is 272 g/mol. The molecule has 0 aromatic carbocycles. The van der Waals surface area contributed by atoms with Gasteiger partial charge in [0.05, 0.1) is 18.7 Å². The normalized spacial score (nSPS) is 17.1. The van der Waals surface area contributed by atoms with Gasteiger partial charge in [-0.2, -0.15) is 0 Å². The number of hydrogen-bond acceptors (Lipinski definition) is 5. The Bertz CT molecular complexity index is 439. The summed E-state index contributed by atoms with van der Waals surface area (Å²) in [5.41, 5.74) is 1.40. The standard InChI is InChI=1S/C15H24N2O2S/c1-3-19-13(18)7-6-12-10-20-14(17-12)16-11-15(2)8-4-5-9-15/h10H,3-9,11H2,1-2H3,(H,16,17). The Morgan fingerprint density at radius 2 is 2.25 bits per heavy atom. The number of anilines is 1. The fraction of sp³-hybridized carbons (Fsp3) is 0.733. The second-order valence-electron chi connectivity index (χ2n) is 5.82. The van der Waals surface area contributed by atoms with Crippen molar-refractivity contribution >= 4 is 22.4 Å². The number of carbonyl (C=O) groups excluding carboxylic acids is 1. The lowest BCUT2D eigenvalue weighted by Gasteiger charge is -2.23. The molecule has 0 saturated heterocycles. The van der Waals surface area contributed by atoms with Gasteiger partial charge in [0.2, 0.25) is 0 Å². The maximum Gasteiger partial charge on any atom is 0.306 e. The molecule has 0 amide bonds. The fourth-order valence-corrected chi connectivity index (χ4v) is 3.40. The van der Waals surface area contributed by atoms with Crippen molar-refractivity contribution in [3.05, 3.63) is 11.1 Å². The summed E-state index contributed by atoms with van der Waals surface area (Å²) < 4.78 is 4.92. The molecule has 0 radical (unpaired) electrons. The van der Waals surface area contributed by atoms with E-state index >= 15 is 0 Å². The molecule has 1 aliphatic carbocycles. The van der Waals surface area contributed by atoms with E-state index in [0.29, 0.717) is 24.9 Å². The molecule has 1 fully saturated rings. The predicted octanol–water partition coefficient (Wildman–Crippen LogP) is 3.63.